The number of para-hydroxylation sites is 1. The van der Waals surface area contributed by atoms with Crippen molar-refractivity contribution in [3.63, 3.8) is 0 Å². The van der Waals surface area contributed by atoms with Gasteiger partial charge in [0.05, 0.1) is 5.56 Å². The summed E-state index contributed by atoms with van der Waals surface area (Å²) < 4.78 is 0. The second-order valence-corrected chi connectivity index (χ2v) is 9.78. The van der Waals surface area contributed by atoms with E-state index in [0.29, 0.717) is 37.3 Å². The summed E-state index contributed by atoms with van der Waals surface area (Å²) in [6.45, 7) is 3.53. The smallest absolute Gasteiger partial charge is 0.255 e. The fourth-order valence-corrected chi connectivity index (χ4v) is 4.97. The van der Waals surface area contributed by atoms with Gasteiger partial charge in [-0.1, -0.05) is 31.0 Å². The number of alkyl halides is 2. The van der Waals surface area contributed by atoms with Crippen LogP contribution >= 0.6 is 23.2 Å². The molecule has 2 heterocycles. The molecule has 0 aliphatic carbocycles. The highest BCUT2D eigenvalue weighted by Gasteiger charge is 2.25. The average molecular weight is 532 g/mol. The van der Waals surface area contributed by atoms with Gasteiger partial charge < -0.3 is 15.1 Å². The third kappa shape index (κ3) is 8.82. The number of unbranched alkanes of at least 4 members (excludes halogenated alkanes) is 1. The Morgan fingerprint density at radius 1 is 1.06 bits per heavy atom. The summed E-state index contributed by atoms with van der Waals surface area (Å²) in [5, 5.41) is 2.94. The minimum Gasteiger partial charge on any atom is -0.368 e. The molecule has 1 aromatic heterocycles. The van der Waals surface area contributed by atoms with E-state index in [0.717, 1.165) is 62.0 Å². The summed E-state index contributed by atoms with van der Waals surface area (Å²) in [5.41, 5.74) is 2.53. The predicted molar refractivity (Wildman–Crippen MR) is 149 cm³/mol. The van der Waals surface area contributed by atoms with Gasteiger partial charge in [-0.2, -0.15) is 0 Å². The van der Waals surface area contributed by atoms with Crippen LogP contribution in [0, 0.1) is 5.92 Å². The van der Waals surface area contributed by atoms with Crippen LogP contribution in [0.15, 0.2) is 54.9 Å². The molecule has 0 bridgehead atoms. The molecule has 0 spiro atoms. The van der Waals surface area contributed by atoms with E-state index in [-0.39, 0.29) is 11.8 Å². The van der Waals surface area contributed by atoms with Gasteiger partial charge in [0.1, 0.15) is 0 Å². The maximum atomic E-state index is 13.3. The molecule has 3 rings (SSSR count). The number of hydrogen-bond donors (Lipinski definition) is 1. The summed E-state index contributed by atoms with van der Waals surface area (Å²) in [6.07, 6.45) is 11.9. The lowest BCUT2D eigenvalue weighted by Gasteiger charge is -2.33. The van der Waals surface area contributed by atoms with Crippen molar-refractivity contribution >= 4 is 46.8 Å². The van der Waals surface area contributed by atoms with Crippen LogP contribution in [0.3, 0.4) is 0 Å². The number of carbonyl (C=O) groups excluding carboxylic acids is 2. The number of amides is 2. The fourth-order valence-electron chi connectivity index (χ4n) is 4.56. The van der Waals surface area contributed by atoms with Crippen molar-refractivity contribution in [3.8, 4) is 0 Å². The van der Waals surface area contributed by atoms with Crippen LogP contribution in [0.25, 0.3) is 6.08 Å². The normalized spacial score (nSPS) is 14.2. The van der Waals surface area contributed by atoms with Crippen LogP contribution < -0.4 is 10.2 Å². The molecule has 1 aliphatic rings. The minimum absolute atomic E-state index is 0.0818. The van der Waals surface area contributed by atoms with Gasteiger partial charge in [0.15, 0.2) is 0 Å². The molecule has 1 aliphatic heterocycles. The molecule has 1 N–H and O–H groups in total. The van der Waals surface area contributed by atoms with Crippen molar-refractivity contribution in [2.45, 2.75) is 32.1 Å². The lowest BCUT2D eigenvalue weighted by molar-refractivity contribution is -0.116. The van der Waals surface area contributed by atoms with Gasteiger partial charge in [-0.3, -0.25) is 14.6 Å². The third-order valence-corrected chi connectivity index (χ3v) is 6.87. The Kier molecular flexibility index (Phi) is 12.1. The first-order valence-corrected chi connectivity index (χ1v) is 13.8. The first-order valence-electron chi connectivity index (χ1n) is 12.7. The second kappa shape index (κ2) is 15.5. The van der Waals surface area contributed by atoms with Crippen molar-refractivity contribution in [1.29, 1.82) is 0 Å². The molecule has 1 saturated heterocycles. The number of halogens is 2. The third-order valence-electron chi connectivity index (χ3n) is 6.54. The van der Waals surface area contributed by atoms with Crippen LogP contribution in [0.1, 0.15) is 48.0 Å². The molecule has 1 aromatic carbocycles. The fraction of sp³-hybridized carbons (Fsp3) is 0.464. The second-order valence-electron chi connectivity index (χ2n) is 9.02. The van der Waals surface area contributed by atoms with E-state index in [1.165, 1.54) is 0 Å². The number of piperidine rings is 1. The summed E-state index contributed by atoms with van der Waals surface area (Å²) in [4.78, 5) is 33.4. The average Bonchev–Trinajstić information content (AvgIpc) is 2.92. The standard InChI is InChI=1S/C28H36Cl2N4O2/c29-14-20-33(21-15-30)26-9-2-1-8-25(26)28(36)34-18-12-23(13-19-34)6-3-4-17-32-27(35)11-10-24-7-5-16-31-22-24/h1-2,5,7-11,16,22-23H,3-4,6,12-15,17-21H2,(H,32,35)/b11-10+. The van der Waals surface area contributed by atoms with Crippen LogP contribution in [-0.4, -0.2) is 66.2 Å². The van der Waals surface area contributed by atoms with Crippen molar-refractivity contribution in [3.05, 3.63) is 66.0 Å². The SMILES string of the molecule is O=C(/C=C/c1cccnc1)NCCCCC1CCN(C(=O)c2ccccc2N(CCCl)CCCl)CC1. The van der Waals surface area contributed by atoms with E-state index in [1.54, 1.807) is 24.5 Å². The molecular weight excluding hydrogens is 495 g/mol. The van der Waals surface area contributed by atoms with Gasteiger partial charge >= 0.3 is 0 Å². The maximum Gasteiger partial charge on any atom is 0.255 e. The maximum absolute atomic E-state index is 13.3. The Morgan fingerprint density at radius 2 is 1.81 bits per heavy atom. The topological polar surface area (TPSA) is 65.5 Å². The molecule has 6 nitrogen and oxygen atoms in total. The van der Waals surface area contributed by atoms with Crippen LogP contribution in [0.5, 0.6) is 0 Å². The number of aromatic nitrogens is 1. The number of likely N-dealkylation sites (tertiary alicyclic amines) is 1. The number of rotatable bonds is 13. The molecule has 36 heavy (non-hydrogen) atoms. The van der Waals surface area contributed by atoms with Crippen molar-refractivity contribution < 1.29 is 9.59 Å². The van der Waals surface area contributed by atoms with Gasteiger partial charge in [-0.05, 0) is 55.0 Å². The lowest BCUT2D eigenvalue weighted by atomic mass is 9.91. The van der Waals surface area contributed by atoms with E-state index < -0.39 is 0 Å². The van der Waals surface area contributed by atoms with Gasteiger partial charge in [0.2, 0.25) is 5.91 Å². The van der Waals surface area contributed by atoms with E-state index in [4.69, 9.17) is 23.2 Å². The summed E-state index contributed by atoms with van der Waals surface area (Å²) in [5.74, 6) is 1.59. The Morgan fingerprint density at radius 3 is 2.50 bits per heavy atom. The lowest BCUT2D eigenvalue weighted by Crippen LogP contribution is -2.39. The molecule has 194 valence electrons. The number of nitrogens with zero attached hydrogens (tertiary/aromatic N) is 3. The van der Waals surface area contributed by atoms with Crippen molar-refractivity contribution in [2.24, 2.45) is 5.92 Å². The summed E-state index contributed by atoms with van der Waals surface area (Å²) in [6, 6.07) is 11.5. The number of nitrogens with one attached hydrogen (secondary N) is 1. The quantitative estimate of drug-likeness (QED) is 0.219. The van der Waals surface area contributed by atoms with Crippen LogP contribution in [0.4, 0.5) is 5.69 Å². The van der Waals surface area contributed by atoms with Gasteiger partial charge in [-0.15, -0.1) is 23.2 Å². The van der Waals surface area contributed by atoms with Gasteiger partial charge in [-0.25, -0.2) is 0 Å². The van der Waals surface area contributed by atoms with E-state index in [2.05, 4.69) is 15.2 Å². The molecule has 0 unspecified atom stereocenters. The van der Waals surface area contributed by atoms with Crippen molar-refractivity contribution in [1.82, 2.24) is 15.2 Å². The Balaban J connectivity index is 1.38. The predicted octanol–water partition coefficient (Wildman–Crippen LogP) is 5.22. The summed E-state index contributed by atoms with van der Waals surface area (Å²) in [7, 11) is 0. The highest BCUT2D eigenvalue weighted by Crippen LogP contribution is 2.27. The number of carbonyl (C=O) groups is 2. The van der Waals surface area contributed by atoms with E-state index in [1.807, 2.05) is 41.3 Å². The zero-order valence-corrected chi connectivity index (χ0v) is 22.3. The molecule has 0 saturated carbocycles. The Bertz CT molecular complexity index is 973. The zero-order valence-electron chi connectivity index (χ0n) is 20.8. The highest BCUT2D eigenvalue weighted by molar-refractivity contribution is 6.18. The van der Waals surface area contributed by atoms with E-state index >= 15 is 0 Å². The molecule has 8 heteroatoms. The number of benzene rings is 1. The molecule has 2 amide bonds. The number of anilines is 1. The van der Waals surface area contributed by atoms with Gasteiger partial charge in [0.25, 0.3) is 5.91 Å². The highest BCUT2D eigenvalue weighted by atomic mass is 35.5. The molecule has 0 radical (unpaired) electrons. The first-order chi connectivity index (χ1) is 17.6. The Labute approximate surface area is 224 Å². The van der Waals surface area contributed by atoms with Crippen molar-refractivity contribution in [2.75, 3.05) is 49.4 Å². The largest absolute Gasteiger partial charge is 0.368 e. The van der Waals surface area contributed by atoms with E-state index in [9.17, 15) is 9.59 Å². The monoisotopic (exact) mass is 530 g/mol. The van der Waals surface area contributed by atoms with Crippen LogP contribution in [0.2, 0.25) is 0 Å². The molecule has 2 aromatic rings. The number of pyridine rings is 1. The molecule has 1 fully saturated rings. The number of hydrogen-bond acceptors (Lipinski definition) is 4. The Hall–Kier alpha value is -2.57. The van der Waals surface area contributed by atoms with Gasteiger partial charge in [0, 0.05) is 68.6 Å². The first kappa shape index (κ1) is 28.0. The minimum atomic E-state index is -0.0818. The molecular formula is C28H36Cl2N4O2. The van der Waals surface area contributed by atoms with Crippen LogP contribution in [-0.2, 0) is 4.79 Å². The zero-order chi connectivity index (χ0) is 25.6. The molecule has 0 atom stereocenters. The summed E-state index contributed by atoms with van der Waals surface area (Å²) >= 11 is 12.0.